The summed E-state index contributed by atoms with van der Waals surface area (Å²) in [6, 6.07) is 5.02. The van der Waals surface area contributed by atoms with E-state index in [2.05, 4.69) is 22.1 Å². The molecule has 1 aromatic carbocycles. The van der Waals surface area contributed by atoms with Crippen LogP contribution in [0.2, 0.25) is 0 Å². The molecule has 0 spiro atoms. The molecule has 15 heteroatoms. The van der Waals surface area contributed by atoms with Gasteiger partial charge in [0.1, 0.15) is 12.6 Å². The zero-order valence-corrected chi connectivity index (χ0v) is 28.8. The number of aliphatic carboxylic acids is 1. The zero-order valence-electron chi connectivity index (χ0n) is 28.8. The summed E-state index contributed by atoms with van der Waals surface area (Å²) in [7, 11) is 0. The molecule has 15 nitrogen and oxygen atoms in total. The predicted molar refractivity (Wildman–Crippen MR) is 188 cm³/mol. The Morgan fingerprint density at radius 3 is 2.67 bits per heavy atom. The second kappa shape index (κ2) is 14.6. The Hall–Kier alpha value is -5.15. The molecule has 6 rings (SSSR count). The normalized spacial score (nSPS) is 18.0. The second-order valence-corrected chi connectivity index (χ2v) is 13.1. The number of benzene rings is 1. The number of nitrogens with two attached hydrogens (primary N) is 2. The summed E-state index contributed by atoms with van der Waals surface area (Å²) in [5, 5.41) is 13.0. The molecule has 3 aromatic rings. The highest BCUT2D eigenvalue weighted by Gasteiger charge is 2.50. The highest BCUT2D eigenvalue weighted by molar-refractivity contribution is 6.11. The minimum absolute atomic E-state index is 0.0587. The number of unbranched alkanes of at least 4 members (excludes halogenated alkanes) is 2. The summed E-state index contributed by atoms with van der Waals surface area (Å²) in [5.41, 5.74) is 13.7. The van der Waals surface area contributed by atoms with E-state index in [4.69, 9.17) is 25.9 Å². The van der Waals surface area contributed by atoms with Crippen LogP contribution in [0.25, 0.3) is 22.3 Å². The SMILES string of the molecule is CCCCCN1C=Nc2cccc3nc4c(c1c23)Cn1c-4cc2c(c1=O)COC(=O)[C@@]2(CC)OC(=O)CC[C@@H](NC(=O)[C@@H](N)CCCN)C(=O)O. The van der Waals surface area contributed by atoms with Crippen molar-refractivity contribution in [3.05, 3.63) is 51.3 Å². The minimum atomic E-state index is -1.97. The summed E-state index contributed by atoms with van der Waals surface area (Å²) in [6.07, 6.45) is 4.80. The van der Waals surface area contributed by atoms with Crippen LogP contribution in [0, 0.1) is 0 Å². The molecule has 0 unspecified atom stereocenters. The number of ether oxygens (including phenoxy) is 2. The highest BCUT2D eigenvalue weighted by atomic mass is 16.6. The third-order valence-electron chi connectivity index (χ3n) is 9.85. The van der Waals surface area contributed by atoms with Crippen molar-refractivity contribution in [3.63, 3.8) is 0 Å². The van der Waals surface area contributed by atoms with Crippen molar-refractivity contribution in [1.82, 2.24) is 14.9 Å². The average molecular weight is 702 g/mol. The molecule has 3 atom stereocenters. The number of esters is 2. The first kappa shape index (κ1) is 35.7. The number of aliphatic imine (C=N–C) groups is 1. The second-order valence-electron chi connectivity index (χ2n) is 13.1. The number of anilines is 1. The van der Waals surface area contributed by atoms with Gasteiger partial charge in [0.05, 0.1) is 58.2 Å². The van der Waals surface area contributed by atoms with Crippen molar-refractivity contribution in [2.75, 3.05) is 18.0 Å². The van der Waals surface area contributed by atoms with E-state index >= 15 is 0 Å². The van der Waals surface area contributed by atoms with Gasteiger partial charge in [0.2, 0.25) is 11.5 Å². The fraction of sp³-hybridized carbons (Fsp3) is 0.472. The Bertz CT molecular complexity index is 1990. The number of nitrogens with one attached hydrogen (secondary N) is 1. The van der Waals surface area contributed by atoms with Crippen LogP contribution >= 0.6 is 0 Å². The number of carbonyl (C=O) groups excluding carboxylic acids is 3. The number of carbonyl (C=O) groups is 4. The Kier molecular flexibility index (Phi) is 10.2. The molecule has 0 fully saturated rings. The number of carboxylic acid groups (broad SMARTS) is 1. The van der Waals surface area contributed by atoms with Crippen LogP contribution in [0.1, 0.15) is 81.9 Å². The first-order valence-corrected chi connectivity index (χ1v) is 17.5. The van der Waals surface area contributed by atoms with Crippen LogP contribution in [-0.4, -0.2) is 70.0 Å². The van der Waals surface area contributed by atoms with E-state index in [9.17, 15) is 29.1 Å². The van der Waals surface area contributed by atoms with Crippen LogP contribution in [-0.2, 0) is 47.4 Å². The Balaban J connectivity index is 1.33. The van der Waals surface area contributed by atoms with Gasteiger partial charge in [-0.25, -0.2) is 19.6 Å². The molecular formula is C36H43N7O8. The molecule has 3 aliphatic heterocycles. The van der Waals surface area contributed by atoms with Gasteiger partial charge in [-0.1, -0.05) is 32.8 Å². The molecule has 0 bridgehead atoms. The van der Waals surface area contributed by atoms with Gasteiger partial charge in [0.15, 0.2) is 0 Å². The van der Waals surface area contributed by atoms with E-state index < -0.39 is 47.9 Å². The fourth-order valence-corrected chi connectivity index (χ4v) is 7.07. The lowest BCUT2D eigenvalue weighted by Gasteiger charge is -2.35. The fourth-order valence-electron chi connectivity index (χ4n) is 7.07. The van der Waals surface area contributed by atoms with E-state index in [0.717, 1.165) is 48.1 Å². The maximum atomic E-state index is 14.2. The zero-order chi connectivity index (χ0) is 36.4. The topological polar surface area (TPSA) is 222 Å². The number of carboxylic acids is 1. The predicted octanol–water partition coefficient (Wildman–Crippen LogP) is 2.72. The Morgan fingerprint density at radius 1 is 1.14 bits per heavy atom. The van der Waals surface area contributed by atoms with E-state index in [1.54, 1.807) is 17.6 Å². The summed E-state index contributed by atoms with van der Waals surface area (Å²) < 4.78 is 12.9. The first-order chi connectivity index (χ1) is 24.5. The van der Waals surface area contributed by atoms with Crippen molar-refractivity contribution in [1.29, 1.82) is 0 Å². The van der Waals surface area contributed by atoms with Crippen LogP contribution < -0.4 is 27.2 Å². The van der Waals surface area contributed by atoms with E-state index in [0.29, 0.717) is 29.9 Å². The first-order valence-electron chi connectivity index (χ1n) is 17.5. The summed E-state index contributed by atoms with van der Waals surface area (Å²) in [6.45, 7) is 4.78. The number of hydrogen-bond donors (Lipinski definition) is 4. The molecule has 5 heterocycles. The number of amides is 1. The van der Waals surface area contributed by atoms with Crippen molar-refractivity contribution in [2.24, 2.45) is 16.5 Å². The van der Waals surface area contributed by atoms with E-state index in [-0.39, 0.29) is 49.1 Å². The van der Waals surface area contributed by atoms with Gasteiger partial charge in [-0.15, -0.1) is 0 Å². The summed E-state index contributed by atoms with van der Waals surface area (Å²) >= 11 is 0. The van der Waals surface area contributed by atoms with Gasteiger partial charge in [0.25, 0.3) is 5.56 Å². The molecule has 3 aliphatic rings. The molecule has 0 saturated heterocycles. The van der Waals surface area contributed by atoms with Crippen LogP contribution in [0.5, 0.6) is 0 Å². The number of fused-ring (bicyclic) bond motifs is 5. The number of rotatable bonds is 15. The monoisotopic (exact) mass is 701 g/mol. The number of aromatic nitrogens is 2. The highest BCUT2D eigenvalue weighted by Crippen LogP contribution is 2.47. The van der Waals surface area contributed by atoms with E-state index in [1.807, 2.05) is 24.5 Å². The van der Waals surface area contributed by atoms with Gasteiger partial charge >= 0.3 is 17.9 Å². The van der Waals surface area contributed by atoms with Gasteiger partial charge in [0, 0.05) is 24.1 Å². The maximum absolute atomic E-state index is 14.2. The molecule has 6 N–H and O–H groups in total. The number of pyridine rings is 2. The van der Waals surface area contributed by atoms with Gasteiger partial charge in [-0.05, 0) is 56.8 Å². The number of cyclic esters (lactones) is 1. The van der Waals surface area contributed by atoms with Gasteiger partial charge in [-0.3, -0.25) is 14.4 Å². The van der Waals surface area contributed by atoms with Crippen molar-refractivity contribution in [3.8, 4) is 11.4 Å². The van der Waals surface area contributed by atoms with E-state index in [1.165, 1.54) is 0 Å². The molecular weight excluding hydrogens is 658 g/mol. The Labute approximate surface area is 294 Å². The molecule has 51 heavy (non-hydrogen) atoms. The molecule has 0 saturated carbocycles. The number of nitrogens with zero attached hydrogens (tertiary/aromatic N) is 4. The lowest BCUT2D eigenvalue weighted by molar-refractivity contribution is -0.189. The molecule has 0 radical (unpaired) electrons. The maximum Gasteiger partial charge on any atom is 0.355 e. The van der Waals surface area contributed by atoms with Crippen LogP contribution in [0.3, 0.4) is 0 Å². The largest absolute Gasteiger partial charge is 0.480 e. The third-order valence-corrected chi connectivity index (χ3v) is 9.85. The smallest absolute Gasteiger partial charge is 0.355 e. The summed E-state index contributed by atoms with van der Waals surface area (Å²) in [4.78, 5) is 77.3. The van der Waals surface area contributed by atoms with Crippen molar-refractivity contribution < 1.29 is 33.8 Å². The van der Waals surface area contributed by atoms with Gasteiger partial charge in [-0.2, -0.15) is 0 Å². The van der Waals surface area contributed by atoms with Crippen molar-refractivity contribution >= 4 is 52.4 Å². The van der Waals surface area contributed by atoms with Gasteiger partial charge < -0.3 is 40.8 Å². The molecule has 1 amide bonds. The standard InChI is InChI=1S/C36H43N7O8/c1-3-5-6-15-42-19-39-24-10-7-11-25-29(24)31(42)20-17-43-27(30(20)40-25)16-22-21(33(43)46)18-50-35(49)36(22,4-2)51-28(44)13-12-26(34(47)48)41-32(45)23(38)9-8-14-37/h7,10-11,16,19,23,26H,3-6,8-9,12-15,17-18,37-38H2,1-2H3,(H,41,45)(H,47,48)/t23-,26+,36-/m0/s1. The quantitative estimate of drug-likeness (QED) is 0.104. The molecule has 270 valence electrons. The number of hydrogen-bond acceptors (Lipinski definition) is 12. The molecule has 0 aliphatic carbocycles. The van der Waals surface area contributed by atoms with Crippen LogP contribution in [0.4, 0.5) is 11.4 Å². The minimum Gasteiger partial charge on any atom is -0.480 e. The van der Waals surface area contributed by atoms with Crippen LogP contribution in [0.15, 0.2) is 34.1 Å². The molecule has 2 aromatic heterocycles. The Morgan fingerprint density at radius 2 is 1.94 bits per heavy atom. The average Bonchev–Trinajstić information content (AvgIpc) is 3.49. The lowest BCUT2D eigenvalue weighted by atomic mass is 9.85. The summed E-state index contributed by atoms with van der Waals surface area (Å²) in [5.74, 6) is -3.79. The van der Waals surface area contributed by atoms with Crippen molar-refractivity contribution in [2.45, 2.75) is 96.1 Å². The lowest BCUT2D eigenvalue weighted by Crippen LogP contribution is -2.49. The third kappa shape index (κ3) is 6.47.